The van der Waals surface area contributed by atoms with Crippen molar-refractivity contribution in [2.45, 2.75) is 37.9 Å². The number of carbonyl (C=O) groups excluding carboxylic acids is 2. The van der Waals surface area contributed by atoms with Crippen LogP contribution in [0.1, 0.15) is 19.8 Å². The number of hydrogen-bond acceptors (Lipinski definition) is 6. The van der Waals surface area contributed by atoms with E-state index in [0.717, 1.165) is 5.75 Å². The van der Waals surface area contributed by atoms with E-state index in [1.54, 1.807) is 23.7 Å². The highest BCUT2D eigenvalue weighted by Gasteiger charge is 2.35. The SMILES string of the molecule is CSCC[C@H](NC(C)=O)C(=O)N[C@@H]1C[C@@H](C(=O)O)N(C)C1.O=CO. The van der Waals surface area contributed by atoms with Gasteiger partial charge in [-0.15, -0.1) is 0 Å². The van der Waals surface area contributed by atoms with Crippen molar-refractivity contribution >= 4 is 36.0 Å². The van der Waals surface area contributed by atoms with Crippen molar-refractivity contribution in [2.24, 2.45) is 0 Å². The molecule has 0 radical (unpaired) electrons. The number of hydrogen-bond donors (Lipinski definition) is 4. The number of carbonyl (C=O) groups is 4. The molecule has 138 valence electrons. The third-order valence-electron chi connectivity index (χ3n) is 3.48. The van der Waals surface area contributed by atoms with E-state index in [1.165, 1.54) is 6.92 Å². The molecule has 24 heavy (non-hydrogen) atoms. The van der Waals surface area contributed by atoms with E-state index in [4.69, 9.17) is 15.0 Å². The van der Waals surface area contributed by atoms with Crippen LogP contribution in [0.25, 0.3) is 0 Å². The fourth-order valence-electron chi connectivity index (χ4n) is 2.44. The van der Waals surface area contributed by atoms with Crippen LogP contribution in [0.2, 0.25) is 0 Å². The smallest absolute Gasteiger partial charge is 0.320 e. The van der Waals surface area contributed by atoms with E-state index in [0.29, 0.717) is 19.4 Å². The molecule has 0 aromatic heterocycles. The number of carboxylic acids is 1. The minimum atomic E-state index is -0.880. The normalized spacial score (nSPS) is 21.1. The highest BCUT2D eigenvalue weighted by Crippen LogP contribution is 2.16. The Morgan fingerprint density at radius 3 is 2.42 bits per heavy atom. The average molecular weight is 363 g/mol. The number of likely N-dealkylation sites (N-methyl/N-ethyl adjacent to an activating group) is 1. The second kappa shape index (κ2) is 11.7. The molecule has 1 aliphatic heterocycles. The van der Waals surface area contributed by atoms with Gasteiger partial charge in [0.2, 0.25) is 11.8 Å². The number of likely N-dealkylation sites (tertiary alicyclic amines) is 1. The highest BCUT2D eigenvalue weighted by molar-refractivity contribution is 7.98. The van der Waals surface area contributed by atoms with Crippen LogP contribution in [0.4, 0.5) is 0 Å². The summed E-state index contributed by atoms with van der Waals surface area (Å²) in [5.74, 6) is -0.609. The van der Waals surface area contributed by atoms with Crippen molar-refractivity contribution in [1.82, 2.24) is 15.5 Å². The first kappa shape index (κ1) is 22.2. The summed E-state index contributed by atoms with van der Waals surface area (Å²) in [6, 6.07) is -1.33. The van der Waals surface area contributed by atoms with Crippen molar-refractivity contribution in [3.05, 3.63) is 0 Å². The van der Waals surface area contributed by atoms with Gasteiger partial charge in [-0.1, -0.05) is 0 Å². The lowest BCUT2D eigenvalue weighted by Gasteiger charge is -2.20. The lowest BCUT2D eigenvalue weighted by molar-refractivity contribution is -0.141. The van der Waals surface area contributed by atoms with Gasteiger partial charge in [0, 0.05) is 19.5 Å². The molecular formula is C14H25N3O6S. The summed E-state index contributed by atoms with van der Waals surface area (Å²) in [6.45, 7) is 1.63. The zero-order valence-electron chi connectivity index (χ0n) is 14.0. The Morgan fingerprint density at radius 1 is 1.42 bits per heavy atom. The molecule has 1 aliphatic rings. The number of rotatable bonds is 7. The Bertz CT molecular complexity index is 448. The molecule has 1 saturated heterocycles. The van der Waals surface area contributed by atoms with E-state index in [-0.39, 0.29) is 24.3 Å². The summed E-state index contributed by atoms with van der Waals surface area (Å²) in [5, 5.41) is 21.4. The van der Waals surface area contributed by atoms with Crippen molar-refractivity contribution in [3.8, 4) is 0 Å². The van der Waals surface area contributed by atoms with Crippen LogP contribution < -0.4 is 10.6 Å². The number of aliphatic carboxylic acids is 1. The molecule has 0 bridgehead atoms. The summed E-state index contributed by atoms with van der Waals surface area (Å²) < 4.78 is 0. The van der Waals surface area contributed by atoms with E-state index in [1.807, 2.05) is 6.26 Å². The zero-order chi connectivity index (χ0) is 18.7. The number of amides is 2. The Kier molecular flexibility index (Phi) is 10.8. The van der Waals surface area contributed by atoms with Gasteiger partial charge in [0.05, 0.1) is 0 Å². The largest absolute Gasteiger partial charge is 0.483 e. The van der Waals surface area contributed by atoms with E-state index < -0.39 is 18.1 Å². The van der Waals surface area contributed by atoms with Gasteiger partial charge in [0.15, 0.2) is 0 Å². The highest BCUT2D eigenvalue weighted by atomic mass is 32.2. The maximum Gasteiger partial charge on any atom is 0.320 e. The molecule has 0 aliphatic carbocycles. The first-order chi connectivity index (χ1) is 11.3. The molecule has 3 atom stereocenters. The van der Waals surface area contributed by atoms with Crippen LogP contribution in [0.5, 0.6) is 0 Å². The van der Waals surface area contributed by atoms with Gasteiger partial charge in [0.25, 0.3) is 6.47 Å². The minimum absolute atomic E-state index is 0.200. The van der Waals surface area contributed by atoms with Gasteiger partial charge in [-0.05, 0) is 31.9 Å². The number of nitrogens with one attached hydrogen (secondary N) is 2. The van der Waals surface area contributed by atoms with Crippen molar-refractivity contribution in [1.29, 1.82) is 0 Å². The van der Waals surface area contributed by atoms with Crippen molar-refractivity contribution in [2.75, 3.05) is 25.6 Å². The summed E-state index contributed by atoms with van der Waals surface area (Å²) in [7, 11) is 1.73. The van der Waals surface area contributed by atoms with E-state index >= 15 is 0 Å². The Morgan fingerprint density at radius 2 is 2.00 bits per heavy atom. The van der Waals surface area contributed by atoms with Crippen molar-refractivity contribution in [3.63, 3.8) is 0 Å². The molecule has 10 heteroatoms. The fourth-order valence-corrected chi connectivity index (χ4v) is 2.92. The second-order valence-electron chi connectivity index (χ2n) is 5.37. The topological polar surface area (TPSA) is 136 Å². The zero-order valence-corrected chi connectivity index (χ0v) is 14.8. The Labute approximate surface area is 145 Å². The minimum Gasteiger partial charge on any atom is -0.483 e. The molecular weight excluding hydrogens is 338 g/mol. The Hall–Kier alpha value is -1.81. The summed E-state index contributed by atoms with van der Waals surface area (Å²) in [5.41, 5.74) is 0. The van der Waals surface area contributed by atoms with Gasteiger partial charge in [-0.2, -0.15) is 11.8 Å². The lowest BCUT2D eigenvalue weighted by atomic mass is 10.1. The summed E-state index contributed by atoms with van der Waals surface area (Å²) in [4.78, 5) is 44.5. The fraction of sp³-hybridized carbons (Fsp3) is 0.714. The monoisotopic (exact) mass is 363 g/mol. The molecule has 4 N–H and O–H groups in total. The van der Waals surface area contributed by atoms with Crippen LogP contribution in [0.15, 0.2) is 0 Å². The van der Waals surface area contributed by atoms with Gasteiger partial charge in [-0.25, -0.2) is 0 Å². The number of carboxylic acid groups (broad SMARTS) is 2. The molecule has 0 spiro atoms. The van der Waals surface area contributed by atoms with Crippen molar-refractivity contribution < 1.29 is 29.4 Å². The van der Waals surface area contributed by atoms with Gasteiger partial charge >= 0.3 is 5.97 Å². The lowest BCUT2D eigenvalue weighted by Crippen LogP contribution is -2.49. The molecule has 1 fully saturated rings. The van der Waals surface area contributed by atoms with E-state index in [9.17, 15) is 14.4 Å². The third kappa shape index (κ3) is 8.16. The van der Waals surface area contributed by atoms with Crippen LogP contribution >= 0.6 is 11.8 Å². The van der Waals surface area contributed by atoms with Gasteiger partial charge < -0.3 is 20.8 Å². The molecule has 1 heterocycles. The van der Waals surface area contributed by atoms with Crippen LogP contribution in [0.3, 0.4) is 0 Å². The second-order valence-corrected chi connectivity index (χ2v) is 6.36. The predicted octanol–water partition coefficient (Wildman–Crippen LogP) is -0.781. The maximum absolute atomic E-state index is 12.2. The summed E-state index contributed by atoms with van der Waals surface area (Å²) >= 11 is 1.60. The standard InChI is InChI=1S/C13H23N3O4S.CH2O2/c1-8(17)14-10(4-5-21-3)12(18)15-9-6-11(13(19)20)16(2)7-9;2-1-3/h9-11H,4-7H2,1-3H3,(H,14,17)(H,15,18)(H,19,20);1H,(H,2,3)/t9-,10+,11+;/m1./s1. The van der Waals surface area contributed by atoms with Crippen LogP contribution in [0, 0.1) is 0 Å². The van der Waals surface area contributed by atoms with Gasteiger partial charge in [0.1, 0.15) is 12.1 Å². The molecule has 1 rings (SSSR count). The first-order valence-electron chi connectivity index (χ1n) is 7.34. The maximum atomic E-state index is 12.2. The van der Waals surface area contributed by atoms with Gasteiger partial charge in [-0.3, -0.25) is 24.1 Å². The Balaban J connectivity index is 0.00000163. The van der Waals surface area contributed by atoms with E-state index in [2.05, 4.69) is 10.6 Å². The summed E-state index contributed by atoms with van der Waals surface area (Å²) in [6.07, 6.45) is 2.87. The average Bonchev–Trinajstić information content (AvgIpc) is 2.84. The molecule has 0 aromatic rings. The molecule has 0 saturated carbocycles. The quantitative estimate of drug-likeness (QED) is 0.433. The third-order valence-corrected chi connectivity index (χ3v) is 4.13. The molecule has 9 nitrogen and oxygen atoms in total. The molecule has 0 unspecified atom stereocenters. The van der Waals surface area contributed by atoms with Crippen LogP contribution in [-0.4, -0.2) is 83.1 Å². The first-order valence-corrected chi connectivity index (χ1v) is 8.73. The number of nitrogens with zero attached hydrogens (tertiary/aromatic N) is 1. The molecule has 2 amide bonds. The number of thioether (sulfide) groups is 1. The molecule has 0 aromatic carbocycles. The predicted molar refractivity (Wildman–Crippen MR) is 89.9 cm³/mol. The van der Waals surface area contributed by atoms with Crippen LogP contribution in [-0.2, 0) is 19.2 Å².